The first-order valence-electron chi connectivity index (χ1n) is 5.74. The number of methoxy groups -OCH3 is 1. The first kappa shape index (κ1) is 15.0. The number of carbonyl (C=O) groups excluding carboxylic acids is 1. The molecule has 0 unspecified atom stereocenters. The summed E-state index contributed by atoms with van der Waals surface area (Å²) in [6.45, 7) is 4.69. The number of aryl methyl sites for hydroxylation is 1. The van der Waals surface area contributed by atoms with Crippen LogP contribution in [0.5, 0.6) is 5.75 Å². The highest BCUT2D eigenvalue weighted by atomic mass is 79.9. The molecular weight excluding hydrogens is 298 g/mol. The molecule has 0 spiro atoms. The molecule has 1 aromatic carbocycles. The second-order valence-electron chi connectivity index (χ2n) is 3.98. The van der Waals surface area contributed by atoms with Crippen molar-refractivity contribution in [2.75, 3.05) is 20.3 Å². The number of hydrogen-bond donors (Lipinski definition) is 1. The summed E-state index contributed by atoms with van der Waals surface area (Å²) in [4.78, 5) is 11.7. The maximum atomic E-state index is 11.7. The summed E-state index contributed by atoms with van der Waals surface area (Å²) in [6.07, 6.45) is -0.541. The predicted octanol–water partition coefficient (Wildman–Crippen LogP) is 2.29. The van der Waals surface area contributed by atoms with E-state index in [9.17, 15) is 4.79 Å². The van der Waals surface area contributed by atoms with Crippen molar-refractivity contribution in [2.24, 2.45) is 0 Å². The zero-order valence-corrected chi connectivity index (χ0v) is 12.4. The molecule has 0 radical (unpaired) electrons. The Morgan fingerprint density at radius 1 is 1.50 bits per heavy atom. The summed E-state index contributed by atoms with van der Waals surface area (Å²) in [5, 5.41) is 2.73. The lowest BCUT2D eigenvalue weighted by molar-refractivity contribution is -0.127. The minimum atomic E-state index is -0.541. The molecule has 0 aliphatic heterocycles. The van der Waals surface area contributed by atoms with Crippen LogP contribution in [0, 0.1) is 6.92 Å². The molecule has 1 aromatic rings. The Morgan fingerprint density at radius 3 is 2.83 bits per heavy atom. The molecule has 1 atom stereocenters. The Morgan fingerprint density at radius 2 is 2.22 bits per heavy atom. The zero-order valence-electron chi connectivity index (χ0n) is 10.8. The molecule has 0 saturated heterocycles. The Balaban J connectivity index is 2.53. The van der Waals surface area contributed by atoms with Crippen molar-refractivity contribution in [1.29, 1.82) is 0 Å². The number of nitrogens with one attached hydrogen (secondary N) is 1. The fraction of sp³-hybridized carbons (Fsp3) is 0.462. The van der Waals surface area contributed by atoms with Gasteiger partial charge in [0, 0.05) is 13.7 Å². The highest BCUT2D eigenvalue weighted by molar-refractivity contribution is 9.10. The van der Waals surface area contributed by atoms with Crippen LogP contribution in [-0.2, 0) is 9.53 Å². The largest absolute Gasteiger partial charge is 0.480 e. The molecular formula is C13H18BrNO3. The van der Waals surface area contributed by atoms with Crippen LogP contribution in [0.4, 0.5) is 0 Å². The van der Waals surface area contributed by atoms with Crippen molar-refractivity contribution in [3.8, 4) is 5.75 Å². The second kappa shape index (κ2) is 7.38. The third kappa shape index (κ3) is 4.66. The second-order valence-corrected chi connectivity index (χ2v) is 4.83. The third-order valence-electron chi connectivity index (χ3n) is 2.37. The minimum Gasteiger partial charge on any atom is -0.480 e. The van der Waals surface area contributed by atoms with E-state index in [-0.39, 0.29) is 5.91 Å². The third-order valence-corrected chi connectivity index (χ3v) is 2.99. The molecule has 0 aromatic heterocycles. The van der Waals surface area contributed by atoms with Crippen LogP contribution < -0.4 is 10.1 Å². The van der Waals surface area contributed by atoms with Gasteiger partial charge in [-0.3, -0.25) is 4.79 Å². The van der Waals surface area contributed by atoms with Crippen LogP contribution in [0.2, 0.25) is 0 Å². The van der Waals surface area contributed by atoms with E-state index in [2.05, 4.69) is 21.2 Å². The SMILES string of the molecule is COCCNC(=O)[C@H](C)Oc1ccc(C)cc1Br. The van der Waals surface area contributed by atoms with Gasteiger partial charge in [0.2, 0.25) is 0 Å². The summed E-state index contributed by atoms with van der Waals surface area (Å²) in [5.74, 6) is 0.509. The van der Waals surface area contributed by atoms with E-state index in [0.29, 0.717) is 18.9 Å². The molecule has 4 nitrogen and oxygen atoms in total. The average Bonchev–Trinajstić information content (AvgIpc) is 2.32. The van der Waals surface area contributed by atoms with Crippen LogP contribution in [0.25, 0.3) is 0 Å². The lowest BCUT2D eigenvalue weighted by Gasteiger charge is -2.15. The quantitative estimate of drug-likeness (QED) is 0.819. The van der Waals surface area contributed by atoms with Crippen molar-refractivity contribution in [3.05, 3.63) is 28.2 Å². The topological polar surface area (TPSA) is 47.6 Å². The van der Waals surface area contributed by atoms with Gasteiger partial charge in [-0.05, 0) is 47.5 Å². The molecule has 1 rings (SSSR count). The molecule has 0 aliphatic carbocycles. The number of amides is 1. The maximum absolute atomic E-state index is 11.7. The summed E-state index contributed by atoms with van der Waals surface area (Å²) in [6, 6.07) is 5.73. The van der Waals surface area contributed by atoms with Crippen molar-refractivity contribution < 1.29 is 14.3 Å². The standard InChI is InChI=1S/C13H18BrNO3/c1-9-4-5-12(11(14)8-9)18-10(2)13(16)15-6-7-17-3/h4-5,8,10H,6-7H2,1-3H3,(H,15,16)/t10-/m0/s1. The maximum Gasteiger partial charge on any atom is 0.260 e. The van der Waals surface area contributed by atoms with Crippen molar-refractivity contribution in [2.45, 2.75) is 20.0 Å². The van der Waals surface area contributed by atoms with Gasteiger partial charge in [0.05, 0.1) is 11.1 Å². The summed E-state index contributed by atoms with van der Waals surface area (Å²) < 4.78 is 11.3. The van der Waals surface area contributed by atoms with Gasteiger partial charge in [-0.15, -0.1) is 0 Å². The molecule has 5 heteroatoms. The summed E-state index contributed by atoms with van der Waals surface area (Å²) >= 11 is 3.41. The number of carbonyl (C=O) groups is 1. The van der Waals surface area contributed by atoms with Crippen molar-refractivity contribution in [3.63, 3.8) is 0 Å². The lowest BCUT2D eigenvalue weighted by Crippen LogP contribution is -2.37. The first-order chi connectivity index (χ1) is 8.54. The van der Waals surface area contributed by atoms with E-state index in [0.717, 1.165) is 10.0 Å². The molecule has 0 saturated carbocycles. The van der Waals surface area contributed by atoms with E-state index in [1.54, 1.807) is 14.0 Å². The van der Waals surface area contributed by atoms with E-state index >= 15 is 0 Å². The fourth-order valence-corrected chi connectivity index (χ4v) is 1.95. The molecule has 1 N–H and O–H groups in total. The van der Waals surface area contributed by atoms with Crippen LogP contribution in [0.1, 0.15) is 12.5 Å². The number of rotatable bonds is 6. The Hall–Kier alpha value is -1.07. The number of ether oxygens (including phenoxy) is 2. The molecule has 0 fully saturated rings. The van der Waals surface area contributed by atoms with E-state index < -0.39 is 6.10 Å². The van der Waals surface area contributed by atoms with E-state index in [1.807, 2.05) is 25.1 Å². The minimum absolute atomic E-state index is 0.153. The number of hydrogen-bond acceptors (Lipinski definition) is 3. The van der Waals surface area contributed by atoms with Gasteiger partial charge >= 0.3 is 0 Å². The van der Waals surface area contributed by atoms with E-state index in [1.165, 1.54) is 0 Å². The molecule has 0 bridgehead atoms. The molecule has 0 heterocycles. The molecule has 18 heavy (non-hydrogen) atoms. The van der Waals surface area contributed by atoms with Gasteiger partial charge in [0.1, 0.15) is 5.75 Å². The predicted molar refractivity (Wildman–Crippen MR) is 73.9 cm³/mol. The highest BCUT2D eigenvalue weighted by Crippen LogP contribution is 2.26. The first-order valence-corrected chi connectivity index (χ1v) is 6.53. The van der Waals surface area contributed by atoms with Gasteiger partial charge in [0.15, 0.2) is 6.10 Å². The van der Waals surface area contributed by atoms with Crippen molar-refractivity contribution >= 4 is 21.8 Å². The molecule has 100 valence electrons. The number of halogens is 1. The van der Waals surface area contributed by atoms with Crippen LogP contribution >= 0.6 is 15.9 Å². The zero-order chi connectivity index (χ0) is 13.5. The molecule has 0 aliphatic rings. The van der Waals surface area contributed by atoms with Crippen LogP contribution in [0.3, 0.4) is 0 Å². The summed E-state index contributed by atoms with van der Waals surface area (Å²) in [7, 11) is 1.59. The summed E-state index contributed by atoms with van der Waals surface area (Å²) in [5.41, 5.74) is 1.13. The normalized spacial score (nSPS) is 12.0. The smallest absolute Gasteiger partial charge is 0.260 e. The van der Waals surface area contributed by atoms with Crippen molar-refractivity contribution in [1.82, 2.24) is 5.32 Å². The number of benzene rings is 1. The monoisotopic (exact) mass is 315 g/mol. The van der Waals surface area contributed by atoms with Gasteiger partial charge in [-0.1, -0.05) is 6.07 Å². The average molecular weight is 316 g/mol. The van der Waals surface area contributed by atoms with Gasteiger partial charge in [-0.2, -0.15) is 0 Å². The van der Waals surface area contributed by atoms with E-state index in [4.69, 9.17) is 9.47 Å². The lowest BCUT2D eigenvalue weighted by atomic mass is 10.2. The van der Waals surface area contributed by atoms with Gasteiger partial charge in [-0.25, -0.2) is 0 Å². The van der Waals surface area contributed by atoms with Gasteiger partial charge < -0.3 is 14.8 Å². The van der Waals surface area contributed by atoms with Crippen LogP contribution in [-0.4, -0.2) is 32.3 Å². The Labute approximate surface area is 116 Å². The van der Waals surface area contributed by atoms with Gasteiger partial charge in [0.25, 0.3) is 5.91 Å². The Kier molecular flexibility index (Phi) is 6.15. The fourth-order valence-electron chi connectivity index (χ4n) is 1.37. The van der Waals surface area contributed by atoms with Crippen LogP contribution in [0.15, 0.2) is 22.7 Å². The highest BCUT2D eigenvalue weighted by Gasteiger charge is 2.15. The molecule has 1 amide bonds. The Bertz CT molecular complexity index is 409.